The van der Waals surface area contributed by atoms with E-state index in [2.05, 4.69) is 56.9 Å². The third kappa shape index (κ3) is 8.00. The van der Waals surface area contributed by atoms with Crippen LogP contribution in [0.3, 0.4) is 0 Å². The third-order valence-electron chi connectivity index (χ3n) is 10.6. The average molecular weight is 757 g/mol. The fourth-order valence-corrected chi connectivity index (χ4v) is 10.6. The van der Waals surface area contributed by atoms with E-state index >= 15 is 0 Å². The highest BCUT2D eigenvalue weighted by molar-refractivity contribution is 6.78. The number of rotatable bonds is 10. The molecule has 4 N–H and O–H groups in total. The smallest absolute Gasteiger partial charge is 0.407 e. The molecule has 2 saturated heterocycles. The molecule has 2 aromatic carbocycles. The molecule has 0 unspecified atom stereocenters. The Labute approximate surface area is 316 Å². The van der Waals surface area contributed by atoms with Gasteiger partial charge in [-0.05, 0) is 59.5 Å². The highest BCUT2D eigenvalue weighted by Gasteiger charge is 2.46. The number of amides is 4. The zero-order valence-electron chi connectivity index (χ0n) is 32.4. The first-order valence-electron chi connectivity index (χ1n) is 18.6. The second-order valence-electron chi connectivity index (χ2n) is 15.9. The van der Waals surface area contributed by atoms with Crippen LogP contribution in [0.15, 0.2) is 48.7 Å². The number of ether oxygens (including phenoxy) is 2. The Kier molecular flexibility index (Phi) is 11.2. The minimum atomic E-state index is -1.76. The summed E-state index contributed by atoms with van der Waals surface area (Å²) >= 11 is 0. The monoisotopic (exact) mass is 756 g/mol. The number of fused-ring (bicyclic) bond motifs is 1. The van der Waals surface area contributed by atoms with Crippen molar-refractivity contribution in [1.29, 1.82) is 0 Å². The first-order valence-corrected chi connectivity index (χ1v) is 22.1. The van der Waals surface area contributed by atoms with Gasteiger partial charge in [-0.15, -0.1) is 0 Å². The lowest BCUT2D eigenvalue weighted by Gasteiger charge is -2.30. The number of H-pyrrole nitrogens is 2. The van der Waals surface area contributed by atoms with E-state index < -0.39 is 32.3 Å². The average Bonchev–Trinajstić information content (AvgIpc) is 3.96. The first-order chi connectivity index (χ1) is 25.7. The Morgan fingerprint density at radius 3 is 2.00 bits per heavy atom. The summed E-state index contributed by atoms with van der Waals surface area (Å²) in [6.45, 7) is 12.8. The molecule has 0 radical (unpaired) electrons. The van der Waals surface area contributed by atoms with Crippen LogP contribution < -0.4 is 10.6 Å². The largest absolute Gasteiger partial charge is 0.453 e. The first kappa shape index (κ1) is 38.5. The van der Waals surface area contributed by atoms with Crippen LogP contribution in [0, 0.1) is 11.8 Å². The molecule has 2 aliphatic heterocycles. The topological polar surface area (TPSA) is 175 Å². The van der Waals surface area contributed by atoms with Gasteiger partial charge in [-0.2, -0.15) is 0 Å². The quantitative estimate of drug-likeness (QED) is 0.139. The minimum Gasteiger partial charge on any atom is -0.453 e. The number of hydrogen-bond acceptors (Lipinski definition) is 8. The third-order valence-corrected chi connectivity index (χ3v) is 13.3. The molecular weight excluding hydrogens is 705 g/mol. The highest BCUT2D eigenvalue weighted by atomic mass is 28.3. The fourth-order valence-electron chi connectivity index (χ4n) is 7.68. The molecule has 288 valence electrons. The summed E-state index contributed by atoms with van der Waals surface area (Å²) in [5, 5.41) is 5.43. The van der Waals surface area contributed by atoms with E-state index in [0.29, 0.717) is 18.5 Å². The van der Waals surface area contributed by atoms with Crippen LogP contribution in [0.25, 0.3) is 33.4 Å². The van der Waals surface area contributed by atoms with Crippen LogP contribution in [-0.2, 0) is 19.1 Å². The van der Waals surface area contributed by atoms with Gasteiger partial charge in [-0.25, -0.2) is 19.6 Å². The molecular formula is C39H52N8O6Si. The maximum Gasteiger partial charge on any atom is 0.407 e. The van der Waals surface area contributed by atoms with Crippen LogP contribution in [0.2, 0.25) is 19.1 Å². The number of likely N-dealkylation sites (tertiary alicyclic amines) is 1. The minimum absolute atomic E-state index is 0.109. The molecule has 14 nitrogen and oxygen atoms in total. The second kappa shape index (κ2) is 15.7. The van der Waals surface area contributed by atoms with Crippen LogP contribution in [-0.4, -0.2) is 101 Å². The van der Waals surface area contributed by atoms with Crippen LogP contribution >= 0.6 is 0 Å². The molecule has 4 heterocycles. The molecule has 2 fully saturated rings. The Hall–Kier alpha value is -5.18. The number of alkyl carbamates (subject to hydrolysis) is 2. The number of carbonyl (C=O) groups excluding carboxylic acids is 4. The van der Waals surface area contributed by atoms with Gasteiger partial charge in [0.2, 0.25) is 11.8 Å². The zero-order valence-corrected chi connectivity index (χ0v) is 33.4. The summed E-state index contributed by atoms with van der Waals surface area (Å²) in [6, 6.07) is 13.4. The molecule has 0 spiro atoms. The lowest BCUT2D eigenvalue weighted by atomic mass is 10.0. The molecule has 2 aromatic heterocycles. The van der Waals surface area contributed by atoms with E-state index in [0.717, 1.165) is 58.1 Å². The molecule has 6 rings (SSSR count). The highest BCUT2D eigenvalue weighted by Crippen LogP contribution is 2.39. The SMILES string of the molecule is COC(=O)N[C@H](C(=O)N1CCC[C@H]1c1ncc(-c2ccc(-c3ccc4nc([C@@H]5C[Si](C)(C)CN5C(=O)[C@@H](NC(=O)OC)C(C)C)[nH]c4c3)cc2)[nH]1)C(C)C. The number of nitrogens with one attached hydrogen (secondary N) is 4. The number of imidazole rings is 2. The van der Waals surface area contributed by atoms with Crippen molar-refractivity contribution in [3.63, 3.8) is 0 Å². The zero-order chi connectivity index (χ0) is 38.9. The molecule has 4 atom stereocenters. The number of aromatic amines is 2. The summed E-state index contributed by atoms with van der Waals surface area (Å²) in [7, 11) is 0.828. The number of nitrogens with zero attached hydrogens (tertiary/aromatic N) is 4. The Balaban J connectivity index is 1.18. The van der Waals surface area contributed by atoms with E-state index in [-0.39, 0.29) is 35.7 Å². The summed E-state index contributed by atoms with van der Waals surface area (Å²) in [6.07, 6.45) is 2.85. The maximum absolute atomic E-state index is 13.9. The molecule has 0 bridgehead atoms. The van der Waals surface area contributed by atoms with E-state index in [4.69, 9.17) is 14.5 Å². The van der Waals surface area contributed by atoms with Crippen molar-refractivity contribution in [2.75, 3.05) is 26.9 Å². The van der Waals surface area contributed by atoms with Crippen LogP contribution in [0.1, 0.15) is 64.3 Å². The predicted octanol–water partition coefficient (Wildman–Crippen LogP) is 6.18. The van der Waals surface area contributed by atoms with Crippen molar-refractivity contribution < 1.29 is 28.7 Å². The lowest BCUT2D eigenvalue weighted by Crippen LogP contribution is -2.52. The van der Waals surface area contributed by atoms with Crippen molar-refractivity contribution >= 4 is 43.1 Å². The molecule has 15 heteroatoms. The van der Waals surface area contributed by atoms with E-state index in [1.807, 2.05) is 56.9 Å². The van der Waals surface area contributed by atoms with Gasteiger partial charge < -0.3 is 39.9 Å². The molecule has 54 heavy (non-hydrogen) atoms. The van der Waals surface area contributed by atoms with Gasteiger partial charge in [0.05, 0.1) is 57.3 Å². The van der Waals surface area contributed by atoms with Crippen LogP contribution in [0.4, 0.5) is 9.59 Å². The van der Waals surface area contributed by atoms with Gasteiger partial charge in [0.25, 0.3) is 0 Å². The van der Waals surface area contributed by atoms with Crippen LogP contribution in [0.5, 0.6) is 0 Å². The number of hydrogen-bond donors (Lipinski definition) is 4. The summed E-state index contributed by atoms with van der Waals surface area (Å²) in [5.41, 5.74) is 5.57. The van der Waals surface area contributed by atoms with E-state index in [1.165, 1.54) is 14.2 Å². The molecule has 4 amide bonds. The van der Waals surface area contributed by atoms with Gasteiger partial charge >= 0.3 is 12.2 Å². The Bertz CT molecular complexity index is 2010. The number of carbonyl (C=O) groups is 4. The van der Waals surface area contributed by atoms with Gasteiger partial charge in [0, 0.05) is 12.7 Å². The summed E-state index contributed by atoms with van der Waals surface area (Å²) in [4.78, 5) is 71.8. The molecule has 0 saturated carbocycles. The van der Waals surface area contributed by atoms with E-state index in [9.17, 15) is 19.2 Å². The fraction of sp³-hybridized carbons (Fsp3) is 0.487. The van der Waals surface area contributed by atoms with Crippen molar-refractivity contribution in [2.24, 2.45) is 11.8 Å². The van der Waals surface area contributed by atoms with Crippen molar-refractivity contribution in [3.05, 3.63) is 60.3 Å². The summed E-state index contributed by atoms with van der Waals surface area (Å²) < 4.78 is 9.56. The van der Waals surface area contributed by atoms with Crippen molar-refractivity contribution in [2.45, 2.75) is 83.8 Å². The van der Waals surface area contributed by atoms with E-state index in [1.54, 1.807) is 11.1 Å². The van der Waals surface area contributed by atoms with Gasteiger partial charge in [-0.3, -0.25) is 9.59 Å². The molecule has 4 aromatic rings. The second-order valence-corrected chi connectivity index (χ2v) is 20.9. The van der Waals surface area contributed by atoms with Gasteiger partial charge in [0.1, 0.15) is 23.7 Å². The van der Waals surface area contributed by atoms with Crippen molar-refractivity contribution in [1.82, 2.24) is 40.4 Å². The lowest BCUT2D eigenvalue weighted by molar-refractivity contribution is -0.136. The van der Waals surface area contributed by atoms with Crippen molar-refractivity contribution in [3.8, 4) is 22.4 Å². The number of aromatic nitrogens is 4. The maximum atomic E-state index is 13.9. The standard InChI is InChI=1S/C39H52N8O6Si/c1-22(2)32(44-38(50)52-5)36(48)46-17-9-10-30(46)34-40-19-29(43-34)25-13-11-24(12-14-25)26-15-16-27-28(18-26)42-35(41-27)31-20-54(7,8)21-47(31)37(49)33(23(3)4)45-39(51)53-6/h11-16,18-19,22-23,30-33H,9-10,17,20-21H2,1-8H3,(H,40,43)(H,41,42)(H,44,50)(H,45,51)/t30-,31-,32-,33-/m0/s1. The normalized spacial score (nSPS) is 19.3. The molecule has 0 aliphatic carbocycles. The Morgan fingerprint density at radius 1 is 0.796 bits per heavy atom. The molecule has 2 aliphatic rings. The Morgan fingerprint density at radius 2 is 1.39 bits per heavy atom. The van der Waals surface area contributed by atoms with Gasteiger partial charge in [-0.1, -0.05) is 71.1 Å². The number of benzene rings is 2. The van der Waals surface area contributed by atoms with Gasteiger partial charge in [0.15, 0.2) is 0 Å². The summed E-state index contributed by atoms with van der Waals surface area (Å²) in [5.74, 6) is 0.981. The predicted molar refractivity (Wildman–Crippen MR) is 208 cm³/mol. The number of methoxy groups -OCH3 is 2.